The Kier molecular flexibility index (Phi) is 3.12. The third kappa shape index (κ3) is 3.01. The minimum Gasteiger partial charge on any atom is -0.358 e. The van der Waals surface area contributed by atoms with E-state index in [2.05, 4.69) is 9.17 Å². The van der Waals surface area contributed by atoms with Crippen LogP contribution in [0.15, 0.2) is 29.6 Å². The van der Waals surface area contributed by atoms with Gasteiger partial charge in [0.15, 0.2) is 5.75 Å². The standard InChI is InChI=1S/C10H8FNO3S2/c1-7-12-9(6-16-7)8-4-2-3-5-10(8)15-17(11,13)14/h2-6H,1H3. The van der Waals surface area contributed by atoms with Crippen LogP contribution in [0.5, 0.6) is 5.75 Å². The van der Waals surface area contributed by atoms with Crippen LogP contribution < -0.4 is 4.18 Å². The third-order valence-electron chi connectivity index (χ3n) is 1.97. The summed E-state index contributed by atoms with van der Waals surface area (Å²) in [5.41, 5.74) is 1.00. The van der Waals surface area contributed by atoms with Gasteiger partial charge in [-0.2, -0.15) is 8.42 Å². The second kappa shape index (κ2) is 4.42. The van der Waals surface area contributed by atoms with Gasteiger partial charge in [0, 0.05) is 10.9 Å². The average molecular weight is 273 g/mol. The summed E-state index contributed by atoms with van der Waals surface area (Å²) in [5.74, 6) is -0.0692. The van der Waals surface area contributed by atoms with Crippen molar-refractivity contribution in [2.24, 2.45) is 0 Å². The zero-order valence-corrected chi connectivity index (χ0v) is 10.4. The van der Waals surface area contributed by atoms with E-state index in [1.54, 1.807) is 23.6 Å². The van der Waals surface area contributed by atoms with Gasteiger partial charge in [0.2, 0.25) is 0 Å². The molecule has 90 valence electrons. The molecule has 7 heteroatoms. The van der Waals surface area contributed by atoms with Crippen LogP contribution in [-0.2, 0) is 10.5 Å². The molecule has 0 radical (unpaired) electrons. The summed E-state index contributed by atoms with van der Waals surface area (Å²) in [6, 6.07) is 6.25. The van der Waals surface area contributed by atoms with E-state index in [1.807, 2.05) is 6.92 Å². The molecule has 2 rings (SSSR count). The molecule has 0 saturated carbocycles. The molecule has 0 saturated heterocycles. The molecular formula is C10H8FNO3S2. The monoisotopic (exact) mass is 273 g/mol. The zero-order chi connectivity index (χ0) is 12.5. The highest BCUT2D eigenvalue weighted by Crippen LogP contribution is 2.31. The van der Waals surface area contributed by atoms with Crippen molar-refractivity contribution in [2.45, 2.75) is 6.92 Å². The first-order chi connectivity index (χ1) is 7.96. The van der Waals surface area contributed by atoms with Crippen molar-refractivity contribution in [3.05, 3.63) is 34.7 Å². The van der Waals surface area contributed by atoms with Gasteiger partial charge >= 0.3 is 10.5 Å². The smallest absolute Gasteiger partial charge is 0.358 e. The first kappa shape index (κ1) is 12.0. The van der Waals surface area contributed by atoms with Gasteiger partial charge in [-0.3, -0.25) is 0 Å². The molecule has 0 unspecified atom stereocenters. The molecule has 1 aromatic carbocycles. The Balaban J connectivity index is 2.48. The summed E-state index contributed by atoms with van der Waals surface area (Å²) < 4.78 is 37.7. The van der Waals surface area contributed by atoms with Gasteiger partial charge in [0.05, 0.1) is 10.7 Å². The maximum absolute atomic E-state index is 12.5. The SMILES string of the molecule is Cc1nc(-c2ccccc2OS(=O)(=O)F)cs1. The highest BCUT2D eigenvalue weighted by atomic mass is 32.3. The third-order valence-corrected chi connectivity index (χ3v) is 3.12. The fourth-order valence-electron chi connectivity index (χ4n) is 1.35. The number of nitrogens with zero attached hydrogens (tertiary/aromatic N) is 1. The van der Waals surface area contributed by atoms with E-state index >= 15 is 0 Å². The molecule has 1 aromatic heterocycles. The van der Waals surface area contributed by atoms with Crippen molar-refractivity contribution >= 4 is 21.8 Å². The maximum atomic E-state index is 12.5. The Bertz CT molecular complexity index is 637. The Morgan fingerprint density at radius 1 is 1.35 bits per heavy atom. The van der Waals surface area contributed by atoms with E-state index in [-0.39, 0.29) is 5.75 Å². The highest BCUT2D eigenvalue weighted by molar-refractivity contribution is 7.81. The van der Waals surface area contributed by atoms with Gasteiger partial charge in [0.25, 0.3) is 0 Å². The number of aromatic nitrogens is 1. The summed E-state index contributed by atoms with van der Waals surface area (Å²) >= 11 is 1.42. The van der Waals surface area contributed by atoms with Gasteiger partial charge in [-0.25, -0.2) is 4.98 Å². The van der Waals surface area contributed by atoms with E-state index < -0.39 is 10.5 Å². The number of rotatable bonds is 3. The molecule has 0 N–H and O–H groups in total. The Labute approximate surface area is 102 Å². The number of aryl methyl sites for hydroxylation is 1. The van der Waals surface area contributed by atoms with Crippen LogP contribution in [0.3, 0.4) is 0 Å². The number of hydrogen-bond donors (Lipinski definition) is 0. The van der Waals surface area contributed by atoms with Gasteiger partial charge in [-0.1, -0.05) is 16.0 Å². The first-order valence-electron chi connectivity index (χ1n) is 4.61. The lowest BCUT2D eigenvalue weighted by atomic mass is 10.1. The second-order valence-electron chi connectivity index (χ2n) is 3.22. The van der Waals surface area contributed by atoms with Crippen LogP contribution in [-0.4, -0.2) is 13.4 Å². The normalized spacial score (nSPS) is 11.4. The van der Waals surface area contributed by atoms with Crippen molar-refractivity contribution in [1.82, 2.24) is 4.98 Å². The van der Waals surface area contributed by atoms with Gasteiger partial charge in [-0.05, 0) is 19.1 Å². The molecule has 0 aliphatic heterocycles. The summed E-state index contributed by atoms with van der Waals surface area (Å²) in [6.07, 6.45) is 0. The van der Waals surface area contributed by atoms with Crippen LogP contribution in [0.25, 0.3) is 11.3 Å². The van der Waals surface area contributed by atoms with Crippen molar-refractivity contribution in [3.63, 3.8) is 0 Å². The lowest BCUT2D eigenvalue weighted by Crippen LogP contribution is -2.02. The quantitative estimate of drug-likeness (QED) is 0.807. The molecule has 0 spiro atoms. The minimum absolute atomic E-state index is 0.0692. The lowest BCUT2D eigenvalue weighted by Gasteiger charge is -2.05. The molecule has 17 heavy (non-hydrogen) atoms. The Hall–Kier alpha value is -1.47. The average Bonchev–Trinajstić information content (AvgIpc) is 2.63. The summed E-state index contributed by atoms with van der Waals surface area (Å²) in [5, 5.41) is 2.58. The number of thiazole rings is 1. The summed E-state index contributed by atoms with van der Waals surface area (Å²) in [6.45, 7) is 1.82. The fourth-order valence-corrected chi connectivity index (χ4v) is 2.32. The minimum atomic E-state index is -5.03. The Morgan fingerprint density at radius 3 is 2.65 bits per heavy atom. The fraction of sp³-hybridized carbons (Fsp3) is 0.100. The first-order valence-corrected chi connectivity index (χ1v) is 6.80. The largest absolute Gasteiger partial charge is 0.488 e. The molecule has 1 heterocycles. The molecule has 0 aliphatic rings. The van der Waals surface area contributed by atoms with Crippen molar-refractivity contribution in [1.29, 1.82) is 0 Å². The number of halogens is 1. The molecule has 0 amide bonds. The van der Waals surface area contributed by atoms with Crippen LogP contribution >= 0.6 is 11.3 Å². The second-order valence-corrected chi connectivity index (χ2v) is 5.24. The van der Waals surface area contributed by atoms with E-state index in [0.29, 0.717) is 11.3 Å². The number of para-hydroxylation sites is 1. The summed E-state index contributed by atoms with van der Waals surface area (Å²) in [4.78, 5) is 4.19. The molecule has 0 bridgehead atoms. The topological polar surface area (TPSA) is 56.3 Å². The lowest BCUT2D eigenvalue weighted by molar-refractivity contribution is 0.441. The predicted molar refractivity (Wildman–Crippen MR) is 62.9 cm³/mol. The van der Waals surface area contributed by atoms with Crippen LogP contribution in [0.2, 0.25) is 0 Å². The van der Waals surface area contributed by atoms with Crippen molar-refractivity contribution < 1.29 is 16.5 Å². The van der Waals surface area contributed by atoms with Gasteiger partial charge in [0.1, 0.15) is 0 Å². The zero-order valence-electron chi connectivity index (χ0n) is 8.75. The van der Waals surface area contributed by atoms with Crippen LogP contribution in [0, 0.1) is 6.92 Å². The van der Waals surface area contributed by atoms with Crippen molar-refractivity contribution in [2.75, 3.05) is 0 Å². The van der Waals surface area contributed by atoms with Gasteiger partial charge in [-0.15, -0.1) is 11.3 Å². The van der Waals surface area contributed by atoms with E-state index in [4.69, 9.17) is 0 Å². The molecule has 0 aliphatic carbocycles. The van der Waals surface area contributed by atoms with Gasteiger partial charge < -0.3 is 4.18 Å². The van der Waals surface area contributed by atoms with E-state index in [0.717, 1.165) is 5.01 Å². The number of benzene rings is 1. The Morgan fingerprint density at radius 2 is 2.06 bits per heavy atom. The molecule has 0 atom stereocenters. The van der Waals surface area contributed by atoms with E-state index in [1.165, 1.54) is 17.4 Å². The molecule has 0 fully saturated rings. The molecule has 2 aromatic rings. The highest BCUT2D eigenvalue weighted by Gasteiger charge is 2.15. The number of hydrogen-bond acceptors (Lipinski definition) is 5. The van der Waals surface area contributed by atoms with Crippen molar-refractivity contribution in [3.8, 4) is 17.0 Å². The van der Waals surface area contributed by atoms with E-state index in [9.17, 15) is 12.3 Å². The van der Waals surface area contributed by atoms with Crippen LogP contribution in [0.1, 0.15) is 5.01 Å². The maximum Gasteiger partial charge on any atom is 0.488 e. The molecular weight excluding hydrogens is 265 g/mol. The summed E-state index contributed by atoms with van der Waals surface area (Å²) in [7, 11) is -5.03. The van der Waals surface area contributed by atoms with Crippen LogP contribution in [0.4, 0.5) is 3.89 Å². The molecule has 4 nitrogen and oxygen atoms in total. The predicted octanol–water partition coefficient (Wildman–Crippen LogP) is 2.71.